The lowest BCUT2D eigenvalue weighted by Gasteiger charge is -2.06. The zero-order valence-electron chi connectivity index (χ0n) is 13.4. The number of carbonyl (C=O) groups is 1. The van der Waals surface area contributed by atoms with Crippen molar-refractivity contribution in [3.63, 3.8) is 0 Å². The van der Waals surface area contributed by atoms with E-state index < -0.39 is 5.97 Å². The van der Waals surface area contributed by atoms with Crippen LogP contribution in [0.15, 0.2) is 24.3 Å². The van der Waals surface area contributed by atoms with Crippen molar-refractivity contribution in [2.24, 2.45) is 0 Å². The highest BCUT2D eigenvalue weighted by atomic mass is 16.5. The van der Waals surface area contributed by atoms with E-state index in [9.17, 15) is 4.79 Å². The minimum Gasteiger partial charge on any atom is -0.494 e. The largest absolute Gasteiger partial charge is 0.494 e. The minimum absolute atomic E-state index is 0.313. The Morgan fingerprint density at radius 1 is 0.864 bits per heavy atom. The molecule has 4 nitrogen and oxygen atoms in total. The van der Waals surface area contributed by atoms with Crippen LogP contribution in [-0.2, 0) is 4.79 Å². The Balaban J connectivity index is 1.82. The zero-order chi connectivity index (χ0) is 16.0. The number of carboxylic acid groups (broad SMARTS) is 1. The van der Waals surface area contributed by atoms with E-state index in [2.05, 4.69) is 0 Å². The molecule has 0 amide bonds. The number of hydrogen-bond acceptors (Lipinski definition) is 3. The number of carboxylic acids is 1. The van der Waals surface area contributed by atoms with E-state index in [0.29, 0.717) is 6.42 Å². The van der Waals surface area contributed by atoms with Gasteiger partial charge in [0.25, 0.3) is 0 Å². The quantitative estimate of drug-likeness (QED) is 0.411. The molecule has 124 valence electrons. The first kappa shape index (κ1) is 18.3. The molecule has 0 radical (unpaired) electrons. The van der Waals surface area contributed by atoms with Gasteiger partial charge >= 0.3 is 5.97 Å². The molecule has 0 aliphatic rings. The van der Waals surface area contributed by atoms with Crippen LogP contribution in [-0.4, -0.2) is 17.7 Å². The number of anilines is 1. The van der Waals surface area contributed by atoms with Crippen molar-refractivity contribution in [3.05, 3.63) is 24.3 Å². The Bertz CT molecular complexity index is 403. The molecule has 0 atom stereocenters. The maximum atomic E-state index is 10.3. The Hall–Kier alpha value is -1.71. The molecule has 0 unspecified atom stereocenters. The molecule has 3 N–H and O–H groups in total. The van der Waals surface area contributed by atoms with Gasteiger partial charge in [-0.1, -0.05) is 44.9 Å². The minimum atomic E-state index is -0.679. The molecule has 1 aromatic rings. The van der Waals surface area contributed by atoms with Crippen LogP contribution in [0.4, 0.5) is 5.69 Å². The molecule has 4 heteroatoms. The number of ether oxygens (including phenoxy) is 1. The third-order valence-corrected chi connectivity index (χ3v) is 3.68. The van der Waals surface area contributed by atoms with Crippen molar-refractivity contribution in [1.82, 2.24) is 0 Å². The van der Waals surface area contributed by atoms with Gasteiger partial charge in [-0.15, -0.1) is 0 Å². The first-order valence-electron chi connectivity index (χ1n) is 8.38. The zero-order valence-corrected chi connectivity index (χ0v) is 13.4. The predicted molar refractivity (Wildman–Crippen MR) is 90.2 cm³/mol. The van der Waals surface area contributed by atoms with Gasteiger partial charge in [-0.2, -0.15) is 0 Å². The molecular weight excluding hydrogens is 278 g/mol. The standard InChI is InChI=1S/C18H29NO3/c19-16-11-13-17(14-12-16)22-15-9-7-5-3-1-2-4-6-8-10-18(20)21/h11-14H,1-10,15,19H2,(H,20,21). The normalized spacial score (nSPS) is 10.5. The van der Waals surface area contributed by atoms with Crippen molar-refractivity contribution in [2.45, 2.75) is 64.2 Å². The smallest absolute Gasteiger partial charge is 0.303 e. The molecule has 0 saturated carbocycles. The molecule has 0 aromatic heterocycles. The van der Waals surface area contributed by atoms with E-state index in [1.165, 1.54) is 32.1 Å². The van der Waals surface area contributed by atoms with Crippen molar-refractivity contribution in [1.29, 1.82) is 0 Å². The van der Waals surface area contributed by atoms with Crippen molar-refractivity contribution < 1.29 is 14.6 Å². The maximum Gasteiger partial charge on any atom is 0.303 e. The third-order valence-electron chi connectivity index (χ3n) is 3.68. The highest BCUT2D eigenvalue weighted by Gasteiger charge is 1.97. The average Bonchev–Trinajstić information content (AvgIpc) is 2.50. The van der Waals surface area contributed by atoms with Gasteiger partial charge < -0.3 is 15.6 Å². The van der Waals surface area contributed by atoms with Crippen LogP contribution in [0.5, 0.6) is 5.75 Å². The SMILES string of the molecule is Nc1ccc(OCCCCCCCCCCCC(=O)O)cc1. The summed E-state index contributed by atoms with van der Waals surface area (Å²) in [5.74, 6) is 0.205. The molecule has 0 aliphatic heterocycles. The van der Waals surface area contributed by atoms with E-state index in [-0.39, 0.29) is 0 Å². The van der Waals surface area contributed by atoms with Gasteiger partial charge in [0.1, 0.15) is 5.75 Å². The average molecular weight is 307 g/mol. The fourth-order valence-corrected chi connectivity index (χ4v) is 2.37. The van der Waals surface area contributed by atoms with Crippen molar-refractivity contribution in [3.8, 4) is 5.75 Å². The summed E-state index contributed by atoms with van der Waals surface area (Å²) < 4.78 is 5.65. The molecular formula is C18H29NO3. The van der Waals surface area contributed by atoms with E-state index in [4.69, 9.17) is 15.6 Å². The predicted octanol–water partition coefficient (Wildman–Crippen LogP) is 4.63. The monoisotopic (exact) mass is 307 g/mol. The maximum absolute atomic E-state index is 10.3. The number of aliphatic carboxylic acids is 1. The van der Waals surface area contributed by atoms with Crippen LogP contribution in [0.3, 0.4) is 0 Å². The van der Waals surface area contributed by atoms with Crippen LogP contribution in [0, 0.1) is 0 Å². The van der Waals surface area contributed by atoms with Crippen molar-refractivity contribution >= 4 is 11.7 Å². The third kappa shape index (κ3) is 10.1. The summed E-state index contributed by atoms with van der Waals surface area (Å²) in [5, 5.41) is 8.53. The Morgan fingerprint density at radius 2 is 1.36 bits per heavy atom. The van der Waals surface area contributed by atoms with Crippen LogP contribution >= 0.6 is 0 Å². The van der Waals surface area contributed by atoms with Crippen LogP contribution < -0.4 is 10.5 Å². The molecule has 0 aliphatic carbocycles. The molecule has 1 aromatic carbocycles. The lowest BCUT2D eigenvalue weighted by molar-refractivity contribution is -0.137. The van der Waals surface area contributed by atoms with Gasteiger partial charge in [0.15, 0.2) is 0 Å². The van der Waals surface area contributed by atoms with Crippen molar-refractivity contribution in [2.75, 3.05) is 12.3 Å². The van der Waals surface area contributed by atoms with E-state index >= 15 is 0 Å². The number of nitrogens with two attached hydrogens (primary N) is 1. The molecule has 0 spiro atoms. The number of rotatable bonds is 13. The molecule has 0 bridgehead atoms. The van der Waals surface area contributed by atoms with Crippen LogP contribution in [0.25, 0.3) is 0 Å². The fourth-order valence-electron chi connectivity index (χ4n) is 2.37. The molecule has 0 fully saturated rings. The number of nitrogen functional groups attached to an aromatic ring is 1. The Kier molecular flexibility index (Phi) is 9.92. The topological polar surface area (TPSA) is 72.5 Å². The molecule has 1 rings (SSSR count). The van der Waals surface area contributed by atoms with Gasteiger partial charge in [0.2, 0.25) is 0 Å². The molecule has 22 heavy (non-hydrogen) atoms. The van der Waals surface area contributed by atoms with Gasteiger partial charge in [-0.25, -0.2) is 0 Å². The lowest BCUT2D eigenvalue weighted by atomic mass is 10.1. The van der Waals surface area contributed by atoms with Gasteiger partial charge in [-0.05, 0) is 37.1 Å². The summed E-state index contributed by atoms with van der Waals surface area (Å²) in [4.78, 5) is 10.3. The summed E-state index contributed by atoms with van der Waals surface area (Å²) in [5.41, 5.74) is 6.38. The van der Waals surface area contributed by atoms with Gasteiger partial charge in [0.05, 0.1) is 6.61 Å². The van der Waals surface area contributed by atoms with E-state index in [1.807, 2.05) is 24.3 Å². The Morgan fingerprint density at radius 3 is 1.91 bits per heavy atom. The van der Waals surface area contributed by atoms with Gasteiger partial charge in [0, 0.05) is 12.1 Å². The highest BCUT2D eigenvalue weighted by Crippen LogP contribution is 2.14. The molecule has 0 heterocycles. The Labute approximate surface area is 133 Å². The number of hydrogen-bond donors (Lipinski definition) is 2. The second kappa shape index (κ2) is 11.9. The lowest BCUT2D eigenvalue weighted by Crippen LogP contribution is -1.97. The van der Waals surface area contributed by atoms with E-state index in [1.54, 1.807) is 0 Å². The number of unbranched alkanes of at least 4 members (excludes halogenated alkanes) is 8. The second-order valence-electron chi connectivity index (χ2n) is 5.74. The van der Waals surface area contributed by atoms with Gasteiger partial charge in [-0.3, -0.25) is 4.79 Å². The number of benzene rings is 1. The second-order valence-corrected chi connectivity index (χ2v) is 5.74. The summed E-state index contributed by atoms with van der Waals surface area (Å²) in [6.45, 7) is 0.763. The summed E-state index contributed by atoms with van der Waals surface area (Å²) in [7, 11) is 0. The summed E-state index contributed by atoms with van der Waals surface area (Å²) >= 11 is 0. The van der Waals surface area contributed by atoms with Crippen LogP contribution in [0.1, 0.15) is 64.2 Å². The fraction of sp³-hybridized carbons (Fsp3) is 0.611. The van der Waals surface area contributed by atoms with Crippen LogP contribution in [0.2, 0.25) is 0 Å². The van der Waals surface area contributed by atoms with E-state index in [0.717, 1.165) is 43.7 Å². The first-order valence-corrected chi connectivity index (χ1v) is 8.38. The summed E-state index contributed by atoms with van der Waals surface area (Å²) in [6.07, 6.45) is 10.6. The summed E-state index contributed by atoms with van der Waals surface area (Å²) in [6, 6.07) is 7.51. The highest BCUT2D eigenvalue weighted by molar-refractivity contribution is 5.66. The first-order chi connectivity index (χ1) is 10.7. The molecule has 0 saturated heterocycles.